The van der Waals surface area contributed by atoms with Crippen molar-refractivity contribution < 1.29 is 4.74 Å². The standard InChI is InChI=1S/C17H24N4OS.HI/c1-5-18-17(20-11-16-21-12(2)13(3)23-16)19-10-14-8-6-7-9-15(14)22-4;/h6-9H,5,10-11H2,1-4H3,(H2,18,19,20);1H. The summed E-state index contributed by atoms with van der Waals surface area (Å²) in [4.78, 5) is 10.4. The smallest absolute Gasteiger partial charge is 0.191 e. The number of methoxy groups -OCH3 is 1. The zero-order chi connectivity index (χ0) is 16.7. The number of nitrogens with zero attached hydrogens (tertiary/aromatic N) is 2. The van der Waals surface area contributed by atoms with E-state index in [2.05, 4.69) is 34.5 Å². The summed E-state index contributed by atoms with van der Waals surface area (Å²) in [6.45, 7) is 8.24. The van der Waals surface area contributed by atoms with Crippen LogP contribution >= 0.6 is 35.3 Å². The van der Waals surface area contributed by atoms with Crippen LogP contribution in [0.3, 0.4) is 0 Å². The van der Waals surface area contributed by atoms with Gasteiger partial charge in [-0.05, 0) is 26.8 Å². The van der Waals surface area contributed by atoms with Crippen LogP contribution in [0.5, 0.6) is 5.75 Å². The number of hydrogen-bond acceptors (Lipinski definition) is 4. The fourth-order valence-corrected chi connectivity index (χ4v) is 2.99. The number of ether oxygens (including phenoxy) is 1. The number of rotatable bonds is 6. The van der Waals surface area contributed by atoms with Crippen LogP contribution in [0.1, 0.15) is 28.1 Å². The van der Waals surface area contributed by atoms with Crippen molar-refractivity contribution in [3.63, 3.8) is 0 Å². The van der Waals surface area contributed by atoms with Gasteiger partial charge in [-0.1, -0.05) is 18.2 Å². The quantitative estimate of drug-likeness (QED) is 0.393. The molecule has 0 aliphatic heterocycles. The average molecular weight is 460 g/mol. The first kappa shape index (κ1) is 20.7. The Labute approximate surface area is 165 Å². The number of thiazole rings is 1. The maximum Gasteiger partial charge on any atom is 0.191 e. The van der Waals surface area contributed by atoms with Crippen molar-refractivity contribution in [3.05, 3.63) is 45.4 Å². The van der Waals surface area contributed by atoms with Gasteiger partial charge >= 0.3 is 0 Å². The zero-order valence-corrected chi connectivity index (χ0v) is 17.7. The van der Waals surface area contributed by atoms with Crippen LogP contribution in [0.15, 0.2) is 29.3 Å². The van der Waals surface area contributed by atoms with Crippen molar-refractivity contribution in [1.29, 1.82) is 0 Å². The summed E-state index contributed by atoms with van der Waals surface area (Å²) in [6, 6.07) is 7.93. The highest BCUT2D eigenvalue weighted by atomic mass is 127. The molecule has 1 heterocycles. The van der Waals surface area contributed by atoms with Crippen molar-refractivity contribution in [2.75, 3.05) is 13.7 Å². The van der Waals surface area contributed by atoms with E-state index in [1.54, 1.807) is 18.4 Å². The summed E-state index contributed by atoms with van der Waals surface area (Å²) in [5.41, 5.74) is 2.16. The summed E-state index contributed by atoms with van der Waals surface area (Å²) in [5.74, 6) is 1.64. The molecule has 1 aromatic carbocycles. The lowest BCUT2D eigenvalue weighted by Crippen LogP contribution is -2.36. The Kier molecular flexibility index (Phi) is 9.05. The van der Waals surface area contributed by atoms with E-state index >= 15 is 0 Å². The van der Waals surface area contributed by atoms with E-state index in [9.17, 15) is 0 Å². The van der Waals surface area contributed by atoms with Crippen LogP contribution in [0.4, 0.5) is 0 Å². The van der Waals surface area contributed by atoms with Gasteiger partial charge in [0, 0.05) is 17.0 Å². The van der Waals surface area contributed by atoms with Gasteiger partial charge in [0.15, 0.2) is 5.96 Å². The topological polar surface area (TPSA) is 58.5 Å². The summed E-state index contributed by atoms with van der Waals surface area (Å²) in [5, 5.41) is 7.66. The summed E-state index contributed by atoms with van der Waals surface area (Å²) < 4.78 is 5.36. The van der Waals surface area contributed by atoms with Crippen molar-refractivity contribution in [3.8, 4) is 5.75 Å². The van der Waals surface area contributed by atoms with E-state index in [4.69, 9.17) is 4.74 Å². The number of halogens is 1. The molecule has 7 heteroatoms. The molecule has 24 heavy (non-hydrogen) atoms. The van der Waals surface area contributed by atoms with Crippen LogP contribution in [0.25, 0.3) is 0 Å². The zero-order valence-electron chi connectivity index (χ0n) is 14.5. The lowest BCUT2D eigenvalue weighted by atomic mass is 10.2. The molecule has 0 unspecified atom stereocenters. The van der Waals surface area contributed by atoms with Gasteiger partial charge in [-0.15, -0.1) is 35.3 Å². The number of para-hydroxylation sites is 1. The molecule has 2 rings (SSSR count). The maximum atomic E-state index is 5.36. The van der Waals surface area contributed by atoms with Crippen LogP contribution in [-0.4, -0.2) is 24.6 Å². The minimum absolute atomic E-state index is 0. The molecule has 0 radical (unpaired) electrons. The number of aromatic nitrogens is 1. The monoisotopic (exact) mass is 460 g/mol. The Bertz CT molecular complexity index is 653. The lowest BCUT2D eigenvalue weighted by Gasteiger charge is -2.11. The molecule has 132 valence electrons. The van der Waals surface area contributed by atoms with E-state index < -0.39 is 0 Å². The molecule has 2 aromatic rings. The summed E-state index contributed by atoms with van der Waals surface area (Å²) in [6.07, 6.45) is 0. The van der Waals surface area contributed by atoms with Gasteiger partial charge in [0.1, 0.15) is 10.8 Å². The van der Waals surface area contributed by atoms with E-state index in [-0.39, 0.29) is 24.0 Å². The van der Waals surface area contributed by atoms with Gasteiger partial charge in [-0.25, -0.2) is 9.98 Å². The van der Waals surface area contributed by atoms with Crippen molar-refractivity contribution >= 4 is 41.3 Å². The second kappa shape index (κ2) is 10.5. The largest absolute Gasteiger partial charge is 0.496 e. The molecule has 0 spiro atoms. The molecule has 1 aromatic heterocycles. The second-order valence-electron chi connectivity index (χ2n) is 5.11. The Morgan fingerprint density at radius 2 is 2.00 bits per heavy atom. The third-order valence-corrected chi connectivity index (χ3v) is 4.50. The predicted molar refractivity (Wildman–Crippen MR) is 112 cm³/mol. The van der Waals surface area contributed by atoms with Crippen molar-refractivity contribution in [2.24, 2.45) is 4.99 Å². The van der Waals surface area contributed by atoms with E-state index in [1.807, 2.05) is 31.2 Å². The maximum absolute atomic E-state index is 5.36. The number of benzene rings is 1. The van der Waals surface area contributed by atoms with Crippen molar-refractivity contribution in [1.82, 2.24) is 15.6 Å². The predicted octanol–water partition coefficient (Wildman–Crippen LogP) is 3.64. The van der Waals surface area contributed by atoms with Crippen LogP contribution in [0.2, 0.25) is 0 Å². The number of hydrogen-bond donors (Lipinski definition) is 2. The average Bonchev–Trinajstić information content (AvgIpc) is 2.88. The van der Waals surface area contributed by atoms with Crippen LogP contribution < -0.4 is 15.4 Å². The first-order valence-corrected chi connectivity index (χ1v) is 8.52. The molecule has 0 atom stereocenters. The van der Waals surface area contributed by atoms with Gasteiger partial charge < -0.3 is 15.4 Å². The second-order valence-corrected chi connectivity index (χ2v) is 6.40. The fourth-order valence-electron chi connectivity index (χ4n) is 2.11. The third-order valence-electron chi connectivity index (χ3n) is 3.42. The molecular weight excluding hydrogens is 435 g/mol. The van der Waals surface area contributed by atoms with Crippen LogP contribution in [-0.2, 0) is 13.1 Å². The molecule has 0 saturated carbocycles. The Morgan fingerprint density at radius 3 is 2.62 bits per heavy atom. The molecule has 0 aliphatic carbocycles. The third kappa shape index (κ3) is 5.94. The first-order chi connectivity index (χ1) is 11.1. The highest BCUT2D eigenvalue weighted by Crippen LogP contribution is 2.18. The molecule has 0 saturated heterocycles. The van der Waals surface area contributed by atoms with E-state index in [1.165, 1.54) is 4.88 Å². The highest BCUT2D eigenvalue weighted by molar-refractivity contribution is 14.0. The molecule has 0 aliphatic rings. The van der Waals surface area contributed by atoms with Crippen LogP contribution in [0, 0.1) is 13.8 Å². The SMILES string of the molecule is CCNC(=NCc1ccccc1OC)NCc1nc(C)c(C)s1.I. The van der Waals surface area contributed by atoms with E-state index in [0.717, 1.165) is 34.5 Å². The molecule has 2 N–H and O–H groups in total. The fraction of sp³-hybridized carbons (Fsp3) is 0.412. The Hall–Kier alpha value is -1.35. The van der Waals surface area contributed by atoms with Gasteiger partial charge in [0.05, 0.1) is 25.9 Å². The first-order valence-electron chi connectivity index (χ1n) is 7.71. The molecular formula is C17H25IN4OS. The Morgan fingerprint density at radius 1 is 1.25 bits per heavy atom. The number of guanidine groups is 1. The number of aliphatic imine (C=N–C) groups is 1. The molecule has 0 bridgehead atoms. The van der Waals surface area contributed by atoms with Gasteiger partial charge in [-0.3, -0.25) is 0 Å². The van der Waals surface area contributed by atoms with Gasteiger partial charge in [0.25, 0.3) is 0 Å². The number of nitrogens with one attached hydrogen (secondary N) is 2. The normalized spacial score (nSPS) is 10.9. The number of aryl methyl sites for hydroxylation is 2. The minimum atomic E-state index is 0. The molecule has 0 fully saturated rings. The summed E-state index contributed by atoms with van der Waals surface area (Å²) >= 11 is 1.72. The van der Waals surface area contributed by atoms with Crippen molar-refractivity contribution in [2.45, 2.75) is 33.9 Å². The Balaban J connectivity index is 0.00000288. The molecule has 0 amide bonds. The lowest BCUT2D eigenvalue weighted by molar-refractivity contribution is 0.410. The minimum Gasteiger partial charge on any atom is -0.496 e. The van der Waals surface area contributed by atoms with Gasteiger partial charge in [-0.2, -0.15) is 0 Å². The highest BCUT2D eigenvalue weighted by Gasteiger charge is 2.05. The van der Waals surface area contributed by atoms with Gasteiger partial charge in [0.2, 0.25) is 0 Å². The summed E-state index contributed by atoms with van der Waals surface area (Å²) in [7, 11) is 1.68. The van der Waals surface area contributed by atoms with E-state index in [0.29, 0.717) is 13.1 Å². The molecule has 5 nitrogen and oxygen atoms in total.